The smallest absolute Gasteiger partial charge is 0.339 e. The molecule has 8 nitrogen and oxygen atoms in total. The Hall–Kier alpha value is -3.07. The van der Waals surface area contributed by atoms with Crippen LogP contribution in [0.5, 0.6) is 0 Å². The fourth-order valence-corrected chi connectivity index (χ4v) is 3.08. The van der Waals surface area contributed by atoms with Crippen LogP contribution in [0.15, 0.2) is 40.9 Å². The molecule has 25 heavy (non-hydrogen) atoms. The molecule has 0 aliphatic carbocycles. The van der Waals surface area contributed by atoms with E-state index in [0.717, 1.165) is 4.57 Å². The van der Waals surface area contributed by atoms with Gasteiger partial charge in [-0.05, 0) is 19.1 Å². The summed E-state index contributed by atoms with van der Waals surface area (Å²) in [4.78, 5) is 45.3. The Morgan fingerprint density at radius 2 is 2.16 bits per heavy atom. The number of rotatable bonds is 5. The zero-order chi connectivity index (χ0) is 17.8. The molecule has 3 rings (SSSR count). The molecule has 0 bridgehead atoms. The maximum atomic E-state index is 12.6. The minimum absolute atomic E-state index is 0.164. The van der Waals surface area contributed by atoms with Gasteiger partial charge in [0.05, 0.1) is 23.9 Å². The maximum Gasteiger partial charge on any atom is 0.339 e. The minimum atomic E-state index is -0.580. The molecule has 3 aromatic heterocycles. The normalized spacial score (nSPS) is 10.6. The largest absolute Gasteiger partial charge is 0.462 e. The molecule has 0 radical (unpaired) electrons. The number of hydrogen-bond acceptors (Lipinski definition) is 7. The van der Waals surface area contributed by atoms with Crippen molar-refractivity contribution >= 4 is 39.2 Å². The van der Waals surface area contributed by atoms with Gasteiger partial charge in [-0.15, -0.1) is 11.3 Å². The summed E-state index contributed by atoms with van der Waals surface area (Å²) in [6.07, 6.45) is 2.83. The van der Waals surface area contributed by atoms with E-state index in [-0.39, 0.29) is 24.1 Å². The average molecular weight is 358 g/mol. The van der Waals surface area contributed by atoms with E-state index in [1.807, 2.05) is 0 Å². The van der Waals surface area contributed by atoms with Gasteiger partial charge in [0.1, 0.15) is 17.2 Å². The van der Waals surface area contributed by atoms with Crippen LogP contribution in [-0.2, 0) is 16.1 Å². The molecule has 0 saturated heterocycles. The lowest BCUT2D eigenvalue weighted by Gasteiger charge is -2.07. The summed E-state index contributed by atoms with van der Waals surface area (Å²) >= 11 is 1.18. The molecule has 0 aromatic carbocycles. The van der Waals surface area contributed by atoms with Crippen LogP contribution in [0, 0.1) is 0 Å². The van der Waals surface area contributed by atoms with E-state index in [1.54, 1.807) is 31.3 Å². The Morgan fingerprint density at radius 1 is 1.32 bits per heavy atom. The highest BCUT2D eigenvalue weighted by Crippen LogP contribution is 2.21. The number of nitrogens with one attached hydrogen (secondary N) is 1. The SMILES string of the molecule is CCOC(=O)c1csc2ncn(CC(=O)Nc3ccccn3)c(=O)c12. The molecule has 0 aliphatic rings. The van der Waals surface area contributed by atoms with Crippen molar-refractivity contribution in [1.29, 1.82) is 0 Å². The number of anilines is 1. The molecule has 3 aromatic rings. The van der Waals surface area contributed by atoms with Crippen LogP contribution in [0.3, 0.4) is 0 Å². The number of ether oxygens (including phenoxy) is 1. The van der Waals surface area contributed by atoms with Gasteiger partial charge in [0.15, 0.2) is 0 Å². The summed E-state index contributed by atoms with van der Waals surface area (Å²) in [5, 5.41) is 4.29. The van der Waals surface area contributed by atoms with Crippen molar-refractivity contribution in [3.8, 4) is 0 Å². The number of carbonyl (C=O) groups is 2. The number of fused-ring (bicyclic) bond motifs is 1. The first-order chi connectivity index (χ1) is 12.1. The van der Waals surface area contributed by atoms with Gasteiger partial charge >= 0.3 is 5.97 Å². The highest BCUT2D eigenvalue weighted by atomic mass is 32.1. The topological polar surface area (TPSA) is 103 Å². The molecule has 9 heteroatoms. The summed E-state index contributed by atoms with van der Waals surface area (Å²) in [7, 11) is 0. The van der Waals surface area contributed by atoms with Crippen molar-refractivity contribution in [2.75, 3.05) is 11.9 Å². The molecule has 0 fully saturated rings. The predicted octanol–water partition coefficient (Wildman–Crippen LogP) is 1.67. The molecule has 0 atom stereocenters. The maximum absolute atomic E-state index is 12.6. The molecule has 0 unspecified atom stereocenters. The van der Waals surface area contributed by atoms with Gasteiger partial charge in [-0.3, -0.25) is 14.2 Å². The minimum Gasteiger partial charge on any atom is -0.462 e. The van der Waals surface area contributed by atoms with E-state index in [9.17, 15) is 14.4 Å². The molecular weight excluding hydrogens is 344 g/mol. The molecule has 0 aliphatic heterocycles. The Morgan fingerprint density at radius 3 is 2.88 bits per heavy atom. The second-order valence-electron chi connectivity index (χ2n) is 4.99. The fourth-order valence-electron chi connectivity index (χ4n) is 2.21. The third kappa shape index (κ3) is 3.56. The first-order valence-corrected chi connectivity index (χ1v) is 8.32. The third-order valence-electron chi connectivity index (χ3n) is 3.30. The summed E-state index contributed by atoms with van der Waals surface area (Å²) < 4.78 is 6.10. The van der Waals surface area contributed by atoms with Crippen molar-refractivity contribution in [2.24, 2.45) is 0 Å². The number of esters is 1. The van der Waals surface area contributed by atoms with Gasteiger partial charge in [0, 0.05) is 11.6 Å². The van der Waals surface area contributed by atoms with Crippen LogP contribution in [-0.4, -0.2) is 33.0 Å². The second kappa shape index (κ2) is 7.22. The highest BCUT2D eigenvalue weighted by molar-refractivity contribution is 7.17. The standard InChI is InChI=1S/C16H14N4O4S/c1-2-24-16(23)10-8-25-14-13(10)15(22)20(9-18-14)7-12(21)19-11-5-3-4-6-17-11/h3-6,8-9H,2,7H2,1H3,(H,17,19,21). The summed E-state index contributed by atoms with van der Waals surface area (Å²) in [5.74, 6) is -0.615. The summed E-state index contributed by atoms with van der Waals surface area (Å²) in [6.45, 7) is 1.65. The molecular formula is C16H14N4O4S. The lowest BCUT2D eigenvalue weighted by atomic mass is 10.2. The van der Waals surface area contributed by atoms with Gasteiger partial charge in [0.2, 0.25) is 5.91 Å². The number of nitrogens with zero attached hydrogens (tertiary/aromatic N) is 3. The Labute approximate surface area is 146 Å². The van der Waals surface area contributed by atoms with Crippen LogP contribution in [0.25, 0.3) is 10.2 Å². The Balaban J connectivity index is 1.88. The van der Waals surface area contributed by atoms with Gasteiger partial charge in [-0.25, -0.2) is 14.8 Å². The van der Waals surface area contributed by atoms with E-state index in [2.05, 4.69) is 15.3 Å². The monoisotopic (exact) mass is 358 g/mol. The quantitative estimate of drug-likeness (QED) is 0.696. The van der Waals surface area contributed by atoms with E-state index in [0.29, 0.717) is 10.6 Å². The van der Waals surface area contributed by atoms with E-state index in [1.165, 1.54) is 23.0 Å². The number of hydrogen-bond donors (Lipinski definition) is 1. The molecule has 1 N–H and O–H groups in total. The zero-order valence-electron chi connectivity index (χ0n) is 13.3. The molecule has 0 saturated carbocycles. The van der Waals surface area contributed by atoms with E-state index >= 15 is 0 Å². The van der Waals surface area contributed by atoms with Gasteiger partial charge in [-0.2, -0.15) is 0 Å². The molecule has 0 spiro atoms. The number of pyridine rings is 1. The lowest BCUT2D eigenvalue weighted by Crippen LogP contribution is -2.28. The van der Waals surface area contributed by atoms with Crippen molar-refractivity contribution in [3.05, 3.63) is 52.0 Å². The van der Waals surface area contributed by atoms with Gasteiger partial charge in [-0.1, -0.05) is 6.07 Å². The fraction of sp³-hybridized carbons (Fsp3) is 0.188. The summed E-state index contributed by atoms with van der Waals surface area (Å²) in [5.41, 5.74) is -0.302. The van der Waals surface area contributed by atoms with E-state index in [4.69, 9.17) is 4.74 Å². The van der Waals surface area contributed by atoms with Crippen molar-refractivity contribution in [2.45, 2.75) is 13.5 Å². The van der Waals surface area contributed by atoms with Crippen LogP contribution in [0.2, 0.25) is 0 Å². The van der Waals surface area contributed by atoms with E-state index < -0.39 is 17.4 Å². The van der Waals surface area contributed by atoms with Crippen molar-refractivity contribution < 1.29 is 14.3 Å². The van der Waals surface area contributed by atoms with Crippen LogP contribution in [0.4, 0.5) is 5.82 Å². The summed E-state index contributed by atoms with van der Waals surface area (Å²) in [6, 6.07) is 5.10. The molecule has 3 heterocycles. The second-order valence-corrected chi connectivity index (χ2v) is 5.85. The van der Waals surface area contributed by atoms with Crippen LogP contribution in [0.1, 0.15) is 17.3 Å². The lowest BCUT2D eigenvalue weighted by molar-refractivity contribution is -0.116. The van der Waals surface area contributed by atoms with Crippen LogP contribution < -0.4 is 10.9 Å². The molecule has 128 valence electrons. The third-order valence-corrected chi connectivity index (χ3v) is 4.19. The molecule has 1 amide bonds. The first-order valence-electron chi connectivity index (χ1n) is 7.44. The Kier molecular flexibility index (Phi) is 4.85. The zero-order valence-corrected chi connectivity index (χ0v) is 14.1. The van der Waals surface area contributed by atoms with Crippen molar-refractivity contribution in [1.82, 2.24) is 14.5 Å². The number of amides is 1. The number of carbonyl (C=O) groups excluding carboxylic acids is 2. The van der Waals surface area contributed by atoms with Gasteiger partial charge in [0.25, 0.3) is 5.56 Å². The number of thiophene rings is 1. The Bertz CT molecular complexity index is 981. The predicted molar refractivity (Wildman–Crippen MR) is 92.7 cm³/mol. The first kappa shape index (κ1) is 16.8. The van der Waals surface area contributed by atoms with Crippen LogP contribution >= 0.6 is 11.3 Å². The van der Waals surface area contributed by atoms with Gasteiger partial charge < -0.3 is 10.1 Å². The van der Waals surface area contributed by atoms with Crippen molar-refractivity contribution in [3.63, 3.8) is 0 Å². The number of aromatic nitrogens is 3. The highest BCUT2D eigenvalue weighted by Gasteiger charge is 2.19. The average Bonchev–Trinajstić information content (AvgIpc) is 3.03.